The summed E-state index contributed by atoms with van der Waals surface area (Å²) in [6, 6.07) is 11.0. The van der Waals surface area contributed by atoms with Gasteiger partial charge in [-0.15, -0.1) is 5.10 Å². The van der Waals surface area contributed by atoms with Crippen LogP contribution in [0, 0.1) is 5.92 Å². The Hall–Kier alpha value is -1.68. The van der Waals surface area contributed by atoms with Crippen LogP contribution >= 0.6 is 0 Å². The molecule has 1 unspecified atom stereocenters. The maximum atomic E-state index is 3.96. The fourth-order valence-corrected chi connectivity index (χ4v) is 2.09. The summed E-state index contributed by atoms with van der Waals surface area (Å²) in [6.07, 6.45) is 3.59. The topological polar surface area (TPSA) is 42.7 Å². The summed E-state index contributed by atoms with van der Waals surface area (Å²) in [4.78, 5) is 0. The van der Waals surface area contributed by atoms with Gasteiger partial charge in [-0.2, -0.15) is 0 Å². The van der Waals surface area contributed by atoms with Crippen molar-refractivity contribution in [2.75, 3.05) is 6.54 Å². The van der Waals surface area contributed by atoms with E-state index in [9.17, 15) is 0 Å². The van der Waals surface area contributed by atoms with Crippen LogP contribution in [0.5, 0.6) is 0 Å². The first-order valence-corrected chi connectivity index (χ1v) is 6.40. The van der Waals surface area contributed by atoms with E-state index in [-0.39, 0.29) is 0 Å². The summed E-state index contributed by atoms with van der Waals surface area (Å²) in [5, 5.41) is 11.3. The van der Waals surface area contributed by atoms with Crippen LogP contribution in [0.3, 0.4) is 0 Å². The summed E-state index contributed by atoms with van der Waals surface area (Å²) in [5.74, 6) is 0.558. The Labute approximate surface area is 108 Å². The van der Waals surface area contributed by atoms with Crippen molar-refractivity contribution < 1.29 is 0 Å². The smallest absolute Gasteiger partial charge is 0.0692 e. The Morgan fingerprint density at radius 2 is 2.00 bits per heavy atom. The number of aromatic nitrogens is 3. The second kappa shape index (κ2) is 6.31. The minimum absolute atomic E-state index is 0.384. The van der Waals surface area contributed by atoms with Gasteiger partial charge in [-0.1, -0.05) is 49.4 Å². The highest BCUT2D eigenvalue weighted by Crippen LogP contribution is 2.20. The fraction of sp³-hybridized carbons (Fsp3) is 0.429. The molecule has 18 heavy (non-hydrogen) atoms. The number of rotatable bonds is 6. The molecule has 2 rings (SSSR count). The molecule has 0 radical (unpaired) electrons. The highest BCUT2D eigenvalue weighted by molar-refractivity contribution is 5.19. The number of hydrogen-bond acceptors (Lipinski definition) is 3. The maximum absolute atomic E-state index is 3.96. The summed E-state index contributed by atoms with van der Waals surface area (Å²) in [6.45, 7) is 6.21. The lowest BCUT2D eigenvalue weighted by Gasteiger charge is -2.23. The lowest BCUT2D eigenvalue weighted by Crippen LogP contribution is -2.29. The third kappa shape index (κ3) is 3.40. The molecule has 0 saturated carbocycles. The molecule has 0 fully saturated rings. The van der Waals surface area contributed by atoms with E-state index in [4.69, 9.17) is 0 Å². The molecule has 1 heterocycles. The Morgan fingerprint density at radius 1 is 1.22 bits per heavy atom. The summed E-state index contributed by atoms with van der Waals surface area (Å²) >= 11 is 0. The molecule has 0 aliphatic heterocycles. The van der Waals surface area contributed by atoms with Crippen LogP contribution in [-0.4, -0.2) is 21.5 Å². The van der Waals surface area contributed by atoms with Crippen LogP contribution in [0.4, 0.5) is 0 Å². The molecule has 96 valence electrons. The van der Waals surface area contributed by atoms with Gasteiger partial charge in [-0.3, -0.25) is 4.68 Å². The van der Waals surface area contributed by atoms with Gasteiger partial charge in [0.2, 0.25) is 0 Å². The minimum atomic E-state index is 0.384. The zero-order valence-corrected chi connectivity index (χ0v) is 11.0. The Bertz CT molecular complexity index is 436. The van der Waals surface area contributed by atoms with E-state index in [1.165, 1.54) is 5.56 Å². The van der Waals surface area contributed by atoms with E-state index < -0.39 is 0 Å². The van der Waals surface area contributed by atoms with E-state index >= 15 is 0 Å². The van der Waals surface area contributed by atoms with Gasteiger partial charge in [0.25, 0.3) is 0 Å². The number of nitrogens with one attached hydrogen (secondary N) is 1. The monoisotopic (exact) mass is 244 g/mol. The van der Waals surface area contributed by atoms with Crippen molar-refractivity contribution in [3.63, 3.8) is 0 Å². The molecule has 4 nitrogen and oxygen atoms in total. The lowest BCUT2D eigenvalue weighted by atomic mass is 9.96. The first-order chi connectivity index (χ1) is 8.77. The predicted molar refractivity (Wildman–Crippen MR) is 72.0 cm³/mol. The highest BCUT2D eigenvalue weighted by atomic mass is 15.4. The van der Waals surface area contributed by atoms with E-state index in [0.29, 0.717) is 12.0 Å². The van der Waals surface area contributed by atoms with E-state index in [1.807, 2.05) is 10.9 Å². The summed E-state index contributed by atoms with van der Waals surface area (Å²) in [7, 11) is 0. The van der Waals surface area contributed by atoms with Gasteiger partial charge in [0.1, 0.15) is 0 Å². The SMILES string of the molecule is CC(C)C(NCCn1ccnn1)c1ccccc1. The average Bonchev–Trinajstić information content (AvgIpc) is 2.88. The van der Waals surface area contributed by atoms with Gasteiger partial charge in [0.05, 0.1) is 12.7 Å². The third-order valence-corrected chi connectivity index (χ3v) is 3.00. The van der Waals surface area contributed by atoms with Crippen LogP contribution in [0.25, 0.3) is 0 Å². The van der Waals surface area contributed by atoms with Gasteiger partial charge in [-0.25, -0.2) is 0 Å². The quantitative estimate of drug-likeness (QED) is 0.847. The molecular weight excluding hydrogens is 224 g/mol. The number of nitrogens with zero attached hydrogens (tertiary/aromatic N) is 3. The maximum Gasteiger partial charge on any atom is 0.0692 e. The van der Waals surface area contributed by atoms with Crippen LogP contribution in [0.2, 0.25) is 0 Å². The molecule has 0 bridgehead atoms. The molecule has 0 amide bonds. The van der Waals surface area contributed by atoms with E-state index in [2.05, 4.69) is 59.8 Å². The van der Waals surface area contributed by atoms with Crippen molar-refractivity contribution in [3.05, 3.63) is 48.3 Å². The standard InChI is InChI=1S/C14H20N4/c1-12(2)14(13-6-4-3-5-7-13)15-8-10-18-11-9-16-17-18/h3-7,9,11-12,14-15H,8,10H2,1-2H3. The Balaban J connectivity index is 1.91. The largest absolute Gasteiger partial charge is 0.308 e. The zero-order chi connectivity index (χ0) is 12.8. The van der Waals surface area contributed by atoms with Crippen LogP contribution < -0.4 is 5.32 Å². The van der Waals surface area contributed by atoms with Gasteiger partial charge < -0.3 is 5.32 Å². The van der Waals surface area contributed by atoms with Gasteiger partial charge in [0.15, 0.2) is 0 Å². The molecule has 0 spiro atoms. The van der Waals surface area contributed by atoms with Crippen molar-refractivity contribution in [1.82, 2.24) is 20.3 Å². The highest BCUT2D eigenvalue weighted by Gasteiger charge is 2.14. The molecule has 1 aromatic carbocycles. The molecule has 0 saturated heterocycles. The van der Waals surface area contributed by atoms with Gasteiger partial charge in [-0.05, 0) is 11.5 Å². The van der Waals surface area contributed by atoms with Gasteiger partial charge in [0, 0.05) is 18.8 Å². The van der Waals surface area contributed by atoms with Crippen LogP contribution in [0.15, 0.2) is 42.7 Å². The summed E-state index contributed by atoms with van der Waals surface area (Å²) < 4.78 is 1.84. The molecule has 0 aliphatic carbocycles. The second-order valence-electron chi connectivity index (χ2n) is 4.75. The summed E-state index contributed by atoms with van der Waals surface area (Å²) in [5.41, 5.74) is 1.34. The molecule has 2 aromatic rings. The van der Waals surface area contributed by atoms with Crippen molar-refractivity contribution in [1.29, 1.82) is 0 Å². The van der Waals surface area contributed by atoms with E-state index in [1.54, 1.807) is 6.20 Å². The molecule has 0 aliphatic rings. The molecule has 1 aromatic heterocycles. The predicted octanol–water partition coefficient (Wildman–Crippen LogP) is 2.27. The molecule has 1 N–H and O–H groups in total. The van der Waals surface area contributed by atoms with Gasteiger partial charge >= 0.3 is 0 Å². The second-order valence-corrected chi connectivity index (χ2v) is 4.75. The van der Waals surface area contributed by atoms with Crippen LogP contribution in [0.1, 0.15) is 25.5 Å². The first-order valence-electron chi connectivity index (χ1n) is 6.40. The number of hydrogen-bond donors (Lipinski definition) is 1. The minimum Gasteiger partial charge on any atom is -0.308 e. The first kappa shape index (κ1) is 12.8. The lowest BCUT2D eigenvalue weighted by molar-refractivity contribution is 0.395. The average molecular weight is 244 g/mol. The number of benzene rings is 1. The van der Waals surface area contributed by atoms with Crippen LogP contribution in [-0.2, 0) is 6.54 Å². The third-order valence-electron chi connectivity index (χ3n) is 3.00. The fourth-order valence-electron chi connectivity index (χ4n) is 2.09. The molecule has 4 heteroatoms. The molecular formula is C14H20N4. The Morgan fingerprint density at radius 3 is 2.61 bits per heavy atom. The van der Waals surface area contributed by atoms with Crippen molar-refractivity contribution in [2.45, 2.75) is 26.4 Å². The van der Waals surface area contributed by atoms with E-state index in [0.717, 1.165) is 13.1 Å². The zero-order valence-electron chi connectivity index (χ0n) is 11.0. The van der Waals surface area contributed by atoms with Crippen molar-refractivity contribution in [3.8, 4) is 0 Å². The molecule has 1 atom stereocenters. The van der Waals surface area contributed by atoms with Crippen molar-refractivity contribution in [2.24, 2.45) is 5.92 Å². The normalized spacial score (nSPS) is 12.8. The Kier molecular flexibility index (Phi) is 4.47. The van der Waals surface area contributed by atoms with Crippen molar-refractivity contribution >= 4 is 0 Å².